The Kier molecular flexibility index (Phi) is 10.7. The maximum atomic E-state index is 14.7. The second-order valence-corrected chi connectivity index (χ2v) is 12.0. The van der Waals surface area contributed by atoms with Crippen molar-refractivity contribution in [3.05, 3.63) is 76.0 Å². The van der Waals surface area contributed by atoms with Gasteiger partial charge in [-0.2, -0.15) is 5.10 Å². The van der Waals surface area contributed by atoms with Gasteiger partial charge in [0, 0.05) is 70.7 Å². The zero-order chi connectivity index (χ0) is 31.1. The number of hydrogen-bond donors (Lipinski definition) is 2. The average molecular weight is 606 g/mol. The molecule has 44 heavy (non-hydrogen) atoms. The van der Waals surface area contributed by atoms with Crippen LogP contribution in [0.2, 0.25) is 0 Å². The first-order valence-electron chi connectivity index (χ1n) is 15.7. The highest BCUT2D eigenvalue weighted by Gasteiger charge is 2.29. The first kappa shape index (κ1) is 31.7. The molecule has 4 heterocycles. The van der Waals surface area contributed by atoms with E-state index in [4.69, 9.17) is 0 Å². The summed E-state index contributed by atoms with van der Waals surface area (Å²) in [6.45, 7) is 14.2. The maximum Gasteiger partial charge on any atom is 0.272 e. The highest BCUT2D eigenvalue weighted by Crippen LogP contribution is 2.22. The monoisotopic (exact) mass is 605 g/mol. The summed E-state index contributed by atoms with van der Waals surface area (Å²) in [6, 6.07) is 7.16. The number of piperazine rings is 2. The molecule has 0 spiro atoms. The number of rotatable bonds is 9. The summed E-state index contributed by atoms with van der Waals surface area (Å²) in [5, 5.41) is 11.4. The molecule has 0 aliphatic carbocycles. The Morgan fingerprint density at radius 2 is 1.61 bits per heavy atom. The SMILES string of the molecule is C=C(F)/C(=C\C(=C/C)Cc1n[nH]c(=O)c2ccccc12)C(=O)N1CCN(C(=O)CN2CCN(CC3CCNCC3)CC2)CC1. The van der Waals surface area contributed by atoms with E-state index in [1.165, 1.54) is 18.9 Å². The standard InChI is InChI=1S/C33H44FN7O3/c1-3-25(21-30-27-6-4-5-7-28(27)32(43)37-36-30)20-29(24(2)34)33(44)41-18-16-40(17-19-41)31(42)23-39-14-12-38(13-15-39)22-26-8-10-35-11-9-26/h3-7,20,26,35H,2,8-19,21-23H2,1H3,(H,37,43)/b25-3+,29-20+. The molecular weight excluding hydrogens is 561 g/mol. The molecule has 2 N–H and O–H groups in total. The fourth-order valence-electron chi connectivity index (χ4n) is 6.36. The van der Waals surface area contributed by atoms with Crippen molar-refractivity contribution >= 4 is 22.6 Å². The van der Waals surface area contributed by atoms with Gasteiger partial charge in [-0.3, -0.25) is 19.3 Å². The van der Waals surface area contributed by atoms with Crippen molar-refractivity contribution in [3.63, 3.8) is 0 Å². The zero-order valence-electron chi connectivity index (χ0n) is 25.7. The first-order valence-corrected chi connectivity index (χ1v) is 15.7. The van der Waals surface area contributed by atoms with Crippen LogP contribution in [0, 0.1) is 5.92 Å². The third-order valence-electron chi connectivity index (χ3n) is 9.09. The van der Waals surface area contributed by atoms with E-state index in [-0.39, 0.29) is 17.0 Å². The number of nitrogens with zero attached hydrogens (tertiary/aromatic N) is 5. The van der Waals surface area contributed by atoms with Gasteiger partial charge in [0.05, 0.1) is 23.2 Å². The fourth-order valence-corrected chi connectivity index (χ4v) is 6.36. The molecule has 3 aliphatic heterocycles. The van der Waals surface area contributed by atoms with Crippen LogP contribution in [0.15, 0.2) is 64.8 Å². The van der Waals surface area contributed by atoms with Crippen LogP contribution in [0.25, 0.3) is 10.8 Å². The molecule has 1 aromatic heterocycles. The summed E-state index contributed by atoms with van der Waals surface area (Å²) in [7, 11) is 0. The molecule has 3 fully saturated rings. The molecular formula is C33H44FN7O3. The van der Waals surface area contributed by atoms with Gasteiger partial charge >= 0.3 is 0 Å². The maximum absolute atomic E-state index is 14.7. The number of aromatic nitrogens is 2. The predicted octanol–water partition coefficient (Wildman–Crippen LogP) is 2.11. The second kappa shape index (κ2) is 14.9. The van der Waals surface area contributed by atoms with Crippen LogP contribution >= 0.6 is 0 Å². The molecule has 0 radical (unpaired) electrons. The zero-order valence-corrected chi connectivity index (χ0v) is 25.7. The molecule has 1 aromatic carbocycles. The van der Waals surface area contributed by atoms with Crippen molar-refractivity contribution in [1.29, 1.82) is 0 Å². The van der Waals surface area contributed by atoms with Crippen molar-refractivity contribution in [2.75, 3.05) is 78.5 Å². The van der Waals surface area contributed by atoms with Crippen molar-refractivity contribution in [2.45, 2.75) is 26.2 Å². The Morgan fingerprint density at radius 1 is 0.977 bits per heavy atom. The van der Waals surface area contributed by atoms with E-state index in [0.717, 1.165) is 51.7 Å². The quantitative estimate of drug-likeness (QED) is 0.333. The van der Waals surface area contributed by atoms with Gasteiger partial charge in [0.25, 0.3) is 11.5 Å². The number of benzene rings is 1. The fraction of sp³-hybridized carbons (Fsp3) is 0.515. The van der Waals surface area contributed by atoms with Crippen LogP contribution in [-0.2, 0) is 16.0 Å². The number of carbonyl (C=O) groups excluding carboxylic acids is 2. The summed E-state index contributed by atoms with van der Waals surface area (Å²) >= 11 is 0. The van der Waals surface area contributed by atoms with Gasteiger partial charge in [-0.05, 0) is 56.5 Å². The minimum absolute atomic E-state index is 0.0754. The number of nitrogens with one attached hydrogen (secondary N) is 2. The number of aromatic amines is 1. The topological polar surface area (TPSA) is 105 Å². The third-order valence-corrected chi connectivity index (χ3v) is 9.09. The summed E-state index contributed by atoms with van der Waals surface area (Å²) in [6.07, 6.45) is 6.08. The number of hydrogen-bond acceptors (Lipinski definition) is 7. The molecule has 10 nitrogen and oxygen atoms in total. The molecule has 3 saturated heterocycles. The van der Waals surface area contributed by atoms with Crippen LogP contribution in [0.1, 0.15) is 25.5 Å². The Morgan fingerprint density at radius 3 is 2.27 bits per heavy atom. The Hall–Kier alpha value is -3.67. The van der Waals surface area contributed by atoms with Crippen LogP contribution in [0.3, 0.4) is 0 Å². The lowest BCUT2D eigenvalue weighted by Gasteiger charge is -2.39. The summed E-state index contributed by atoms with van der Waals surface area (Å²) < 4.78 is 14.7. The predicted molar refractivity (Wildman–Crippen MR) is 170 cm³/mol. The lowest BCUT2D eigenvalue weighted by Crippen LogP contribution is -2.55. The number of carbonyl (C=O) groups is 2. The molecule has 0 atom stereocenters. The van der Waals surface area contributed by atoms with Crippen molar-refractivity contribution < 1.29 is 14.0 Å². The number of H-pyrrole nitrogens is 1. The molecule has 0 saturated carbocycles. The molecule has 2 amide bonds. The molecule has 0 bridgehead atoms. The van der Waals surface area contributed by atoms with Gasteiger partial charge in [-0.25, -0.2) is 9.49 Å². The van der Waals surface area contributed by atoms with Crippen LogP contribution in [-0.4, -0.2) is 120 Å². The number of piperidine rings is 1. The number of fused-ring (bicyclic) bond motifs is 1. The molecule has 236 valence electrons. The van der Waals surface area contributed by atoms with Crippen molar-refractivity contribution in [2.24, 2.45) is 5.92 Å². The Balaban J connectivity index is 1.13. The summed E-state index contributed by atoms with van der Waals surface area (Å²) in [4.78, 5) is 46.8. The molecule has 2 aromatic rings. The van der Waals surface area contributed by atoms with E-state index < -0.39 is 11.7 Å². The second-order valence-electron chi connectivity index (χ2n) is 12.0. The van der Waals surface area contributed by atoms with Crippen molar-refractivity contribution in [1.82, 2.24) is 35.1 Å². The summed E-state index contributed by atoms with van der Waals surface area (Å²) in [5.41, 5.74) is 0.893. The van der Waals surface area contributed by atoms with Crippen molar-refractivity contribution in [3.8, 4) is 0 Å². The highest BCUT2D eigenvalue weighted by atomic mass is 19.1. The van der Waals surface area contributed by atoms with Crippen LogP contribution < -0.4 is 10.9 Å². The average Bonchev–Trinajstić information content (AvgIpc) is 3.05. The minimum atomic E-state index is -0.813. The molecule has 5 rings (SSSR count). The van der Waals surface area contributed by atoms with Gasteiger partial charge in [-0.15, -0.1) is 0 Å². The minimum Gasteiger partial charge on any atom is -0.338 e. The number of allylic oxidation sites excluding steroid dienone is 3. The van der Waals surface area contributed by atoms with Crippen LogP contribution in [0.4, 0.5) is 4.39 Å². The van der Waals surface area contributed by atoms with E-state index in [2.05, 4.69) is 31.9 Å². The highest BCUT2D eigenvalue weighted by molar-refractivity contribution is 5.97. The first-order chi connectivity index (χ1) is 21.3. The lowest BCUT2D eigenvalue weighted by atomic mass is 9.97. The molecule has 0 unspecified atom stereocenters. The Labute approximate surface area is 258 Å². The number of halogens is 1. The van der Waals surface area contributed by atoms with Gasteiger partial charge in [0.2, 0.25) is 5.91 Å². The summed E-state index contributed by atoms with van der Waals surface area (Å²) in [5.74, 6) is -0.420. The van der Waals surface area contributed by atoms with E-state index >= 15 is 0 Å². The Bertz CT molecular complexity index is 1460. The lowest BCUT2D eigenvalue weighted by molar-refractivity contribution is -0.138. The van der Waals surface area contributed by atoms with E-state index in [0.29, 0.717) is 61.2 Å². The number of amides is 2. The van der Waals surface area contributed by atoms with Gasteiger partial charge < -0.3 is 20.0 Å². The van der Waals surface area contributed by atoms with Gasteiger partial charge in [0.15, 0.2) is 0 Å². The van der Waals surface area contributed by atoms with Gasteiger partial charge in [-0.1, -0.05) is 30.9 Å². The van der Waals surface area contributed by atoms with Crippen LogP contribution in [0.5, 0.6) is 0 Å². The largest absolute Gasteiger partial charge is 0.338 e. The van der Waals surface area contributed by atoms with E-state index in [1.54, 1.807) is 23.1 Å². The molecule has 11 heteroatoms. The van der Waals surface area contributed by atoms with Gasteiger partial charge in [0.1, 0.15) is 5.83 Å². The molecule has 3 aliphatic rings. The van der Waals surface area contributed by atoms with E-state index in [1.807, 2.05) is 24.0 Å². The smallest absolute Gasteiger partial charge is 0.272 e. The third kappa shape index (κ3) is 7.88. The van der Waals surface area contributed by atoms with E-state index in [9.17, 15) is 18.8 Å². The normalized spacial score (nSPS) is 19.9.